The number of ether oxygens (including phenoxy) is 2. The molecule has 0 fully saturated rings. The van der Waals surface area contributed by atoms with Crippen LogP contribution in [0.1, 0.15) is 11.1 Å². The molecule has 2 N–H and O–H groups in total. The zero-order chi connectivity index (χ0) is 29.6. The summed E-state index contributed by atoms with van der Waals surface area (Å²) in [6.07, 6.45) is 0. The van der Waals surface area contributed by atoms with E-state index in [1.54, 1.807) is 0 Å². The van der Waals surface area contributed by atoms with Gasteiger partial charge in [-0.15, -0.1) is 0 Å². The second-order valence-electron chi connectivity index (χ2n) is 10.1. The van der Waals surface area contributed by atoms with Crippen LogP contribution in [0.4, 0.5) is 0 Å². The van der Waals surface area contributed by atoms with Crippen LogP contribution in [0.2, 0.25) is 0 Å². The summed E-state index contributed by atoms with van der Waals surface area (Å²) in [5.41, 5.74) is 5.54. The second-order valence-corrected chi connectivity index (χ2v) is 10.1. The maximum absolute atomic E-state index is 6.14. The third-order valence-electron chi connectivity index (χ3n) is 7.11. The van der Waals surface area contributed by atoms with E-state index in [9.17, 15) is 0 Å². The van der Waals surface area contributed by atoms with Crippen molar-refractivity contribution < 1.29 is 9.47 Å². The van der Waals surface area contributed by atoms with E-state index in [1.807, 2.05) is 133 Å². The fourth-order valence-corrected chi connectivity index (χ4v) is 4.87. The lowest BCUT2D eigenvalue weighted by atomic mass is 10.1. The molecule has 2 heterocycles. The summed E-state index contributed by atoms with van der Waals surface area (Å²) in [5.74, 6) is 3.84. The van der Waals surface area contributed by atoms with E-state index in [0.717, 1.165) is 44.9 Å². The summed E-state index contributed by atoms with van der Waals surface area (Å²) < 4.78 is 12.3. The number of para-hydroxylation sites is 2. The summed E-state index contributed by atoms with van der Waals surface area (Å²) in [4.78, 5) is 9.60. The third-order valence-corrected chi connectivity index (χ3v) is 7.11. The molecule has 2 aromatic heterocycles. The first-order valence-electron chi connectivity index (χ1n) is 14.3. The Hall–Kier alpha value is -6.02. The van der Waals surface area contributed by atoms with Crippen molar-refractivity contribution in [2.75, 3.05) is 0 Å². The molecule has 0 aliphatic carbocycles. The van der Waals surface area contributed by atoms with Crippen molar-refractivity contribution in [1.29, 1.82) is 0 Å². The molecule has 214 valence electrons. The van der Waals surface area contributed by atoms with Crippen LogP contribution in [0.3, 0.4) is 0 Å². The standard InChI is InChI=1S/C36H28N6O2/c1-3-12-25(13-4-1)23-43-31-20-9-7-18-29(31)35-37-33(39-41-35)27-16-11-17-28(22-27)34-38-36(42-40-34)30-19-8-10-21-32(30)44-24-26-14-5-2-6-15-26/h1-22H,23-24H2,(H,37,39,41)(H,38,40,42). The number of benzene rings is 5. The van der Waals surface area contributed by atoms with Gasteiger partial charge in [0.25, 0.3) is 0 Å². The Kier molecular flexibility index (Phi) is 7.61. The molecule has 0 amide bonds. The van der Waals surface area contributed by atoms with E-state index in [0.29, 0.717) is 36.5 Å². The first kappa shape index (κ1) is 26.9. The van der Waals surface area contributed by atoms with Crippen LogP contribution in [-0.2, 0) is 13.2 Å². The molecular weight excluding hydrogens is 548 g/mol. The Morgan fingerprint density at radius 2 is 0.886 bits per heavy atom. The van der Waals surface area contributed by atoms with Gasteiger partial charge < -0.3 is 9.47 Å². The average molecular weight is 577 g/mol. The molecule has 0 aliphatic rings. The van der Waals surface area contributed by atoms with Crippen molar-refractivity contribution in [1.82, 2.24) is 30.4 Å². The number of H-pyrrole nitrogens is 2. The molecule has 7 aromatic rings. The van der Waals surface area contributed by atoms with Crippen LogP contribution in [0, 0.1) is 0 Å². The Morgan fingerprint density at radius 3 is 1.36 bits per heavy atom. The summed E-state index contributed by atoms with van der Waals surface area (Å²) in [5, 5.41) is 15.2. The summed E-state index contributed by atoms with van der Waals surface area (Å²) in [6, 6.07) is 43.6. The minimum absolute atomic E-state index is 0.461. The van der Waals surface area contributed by atoms with E-state index in [4.69, 9.17) is 19.4 Å². The van der Waals surface area contributed by atoms with E-state index < -0.39 is 0 Å². The Labute approximate surface area is 254 Å². The van der Waals surface area contributed by atoms with Gasteiger partial charge in [-0.1, -0.05) is 103 Å². The Morgan fingerprint density at radius 1 is 0.455 bits per heavy atom. The molecule has 8 heteroatoms. The van der Waals surface area contributed by atoms with Crippen molar-refractivity contribution >= 4 is 0 Å². The number of rotatable bonds is 10. The quantitative estimate of drug-likeness (QED) is 0.173. The van der Waals surface area contributed by atoms with Crippen LogP contribution < -0.4 is 9.47 Å². The van der Waals surface area contributed by atoms with Crippen molar-refractivity contribution in [3.8, 4) is 57.1 Å². The number of aromatic nitrogens is 6. The van der Waals surface area contributed by atoms with Gasteiger partial charge in [-0.3, -0.25) is 10.2 Å². The summed E-state index contributed by atoms with van der Waals surface area (Å²) in [6.45, 7) is 0.923. The van der Waals surface area contributed by atoms with Crippen LogP contribution in [0.25, 0.3) is 45.6 Å². The van der Waals surface area contributed by atoms with Gasteiger partial charge in [-0.05, 0) is 41.5 Å². The molecule has 0 spiro atoms. The van der Waals surface area contributed by atoms with Crippen LogP contribution in [-0.4, -0.2) is 30.4 Å². The zero-order valence-corrected chi connectivity index (χ0v) is 23.7. The number of hydrogen-bond donors (Lipinski definition) is 2. The predicted molar refractivity (Wildman–Crippen MR) is 170 cm³/mol. The van der Waals surface area contributed by atoms with Crippen LogP contribution >= 0.6 is 0 Å². The van der Waals surface area contributed by atoms with Crippen molar-refractivity contribution in [2.45, 2.75) is 13.2 Å². The maximum Gasteiger partial charge on any atom is 0.181 e. The Balaban J connectivity index is 1.10. The van der Waals surface area contributed by atoms with Crippen molar-refractivity contribution in [2.24, 2.45) is 0 Å². The highest BCUT2D eigenvalue weighted by Gasteiger charge is 2.16. The number of nitrogens with one attached hydrogen (secondary N) is 2. The summed E-state index contributed by atoms with van der Waals surface area (Å²) >= 11 is 0. The molecule has 0 radical (unpaired) electrons. The van der Waals surface area contributed by atoms with E-state index >= 15 is 0 Å². The number of aromatic amines is 2. The normalized spacial score (nSPS) is 10.9. The molecule has 0 atom stereocenters. The average Bonchev–Trinajstić information content (AvgIpc) is 3.79. The SMILES string of the molecule is c1ccc(COc2ccccc2-c2nc(-c3cccc(-c4n[nH]c(-c5ccccc5OCc5ccccc5)n4)c3)n[nH]2)cc1. The Bertz CT molecular complexity index is 1840. The highest BCUT2D eigenvalue weighted by atomic mass is 16.5. The lowest BCUT2D eigenvalue weighted by Crippen LogP contribution is -1.97. The van der Waals surface area contributed by atoms with Gasteiger partial charge in [0.2, 0.25) is 0 Å². The summed E-state index contributed by atoms with van der Waals surface area (Å²) in [7, 11) is 0. The van der Waals surface area contributed by atoms with E-state index in [1.165, 1.54) is 0 Å². The molecule has 0 unspecified atom stereocenters. The molecule has 8 nitrogen and oxygen atoms in total. The fraction of sp³-hybridized carbons (Fsp3) is 0.0556. The second kappa shape index (κ2) is 12.5. The van der Waals surface area contributed by atoms with Gasteiger partial charge in [-0.25, -0.2) is 9.97 Å². The van der Waals surface area contributed by atoms with E-state index in [2.05, 4.69) is 20.4 Å². The molecule has 44 heavy (non-hydrogen) atoms. The molecule has 0 aliphatic heterocycles. The molecule has 0 bridgehead atoms. The first-order valence-corrected chi connectivity index (χ1v) is 14.3. The lowest BCUT2D eigenvalue weighted by molar-refractivity contribution is 0.307. The fourth-order valence-electron chi connectivity index (χ4n) is 4.87. The number of nitrogens with zero attached hydrogens (tertiary/aromatic N) is 4. The highest BCUT2D eigenvalue weighted by molar-refractivity contribution is 5.71. The van der Waals surface area contributed by atoms with Gasteiger partial charge in [0.05, 0.1) is 11.1 Å². The van der Waals surface area contributed by atoms with Crippen molar-refractivity contribution in [3.05, 3.63) is 145 Å². The topological polar surface area (TPSA) is 102 Å². The molecular formula is C36H28N6O2. The highest BCUT2D eigenvalue weighted by Crippen LogP contribution is 2.32. The van der Waals surface area contributed by atoms with Crippen LogP contribution in [0.15, 0.2) is 133 Å². The lowest BCUT2D eigenvalue weighted by Gasteiger charge is -2.09. The van der Waals surface area contributed by atoms with E-state index in [-0.39, 0.29) is 0 Å². The minimum Gasteiger partial charge on any atom is -0.488 e. The van der Waals surface area contributed by atoms with Crippen molar-refractivity contribution in [3.63, 3.8) is 0 Å². The molecule has 0 saturated heterocycles. The van der Waals surface area contributed by atoms with Gasteiger partial charge in [0.1, 0.15) is 24.7 Å². The predicted octanol–water partition coefficient (Wildman–Crippen LogP) is 7.75. The smallest absolute Gasteiger partial charge is 0.181 e. The van der Waals surface area contributed by atoms with Gasteiger partial charge in [0, 0.05) is 11.1 Å². The largest absolute Gasteiger partial charge is 0.488 e. The maximum atomic E-state index is 6.14. The monoisotopic (exact) mass is 576 g/mol. The molecule has 5 aromatic carbocycles. The first-order chi connectivity index (χ1) is 21.8. The van der Waals surface area contributed by atoms with Crippen LogP contribution in [0.5, 0.6) is 11.5 Å². The molecule has 7 rings (SSSR count). The third kappa shape index (κ3) is 5.96. The van der Waals surface area contributed by atoms with Gasteiger partial charge in [0.15, 0.2) is 23.3 Å². The molecule has 0 saturated carbocycles. The zero-order valence-electron chi connectivity index (χ0n) is 23.7. The minimum atomic E-state index is 0.461. The van der Waals surface area contributed by atoms with Gasteiger partial charge in [-0.2, -0.15) is 10.2 Å². The number of hydrogen-bond acceptors (Lipinski definition) is 6. The van der Waals surface area contributed by atoms with Gasteiger partial charge >= 0.3 is 0 Å².